The molecule has 2 heteroatoms. The molecule has 2 fully saturated rings. The van der Waals surface area contributed by atoms with E-state index < -0.39 is 0 Å². The lowest BCUT2D eigenvalue weighted by Crippen LogP contribution is -2.26. The van der Waals surface area contributed by atoms with E-state index in [0.29, 0.717) is 11.8 Å². The van der Waals surface area contributed by atoms with Crippen LogP contribution in [0, 0.1) is 11.8 Å². The van der Waals surface area contributed by atoms with Gasteiger partial charge in [0, 0.05) is 11.8 Å². The molecule has 20 heavy (non-hydrogen) atoms. The lowest BCUT2D eigenvalue weighted by Gasteiger charge is -2.31. The van der Waals surface area contributed by atoms with Crippen LogP contribution in [-0.2, 0) is 9.47 Å². The Hall–Kier alpha value is -1.64. The summed E-state index contributed by atoms with van der Waals surface area (Å²) in [7, 11) is 0. The number of rotatable bonds is 0. The number of fused-ring (bicyclic) bond motifs is 15. The average molecular weight is 262 g/mol. The van der Waals surface area contributed by atoms with Crippen molar-refractivity contribution < 1.29 is 9.47 Å². The van der Waals surface area contributed by atoms with Crippen LogP contribution in [-0.4, -0.2) is 0 Å². The molecule has 2 nitrogen and oxygen atoms in total. The Morgan fingerprint density at radius 3 is 1.10 bits per heavy atom. The SMILES string of the molecule is c1ccc2c(c1)[C@H]1O[C@@H]2C2C1[C@@H]1O[C@H]2c2ccccc21. The van der Waals surface area contributed by atoms with E-state index in [9.17, 15) is 0 Å². The maximum absolute atomic E-state index is 6.34. The smallest absolute Gasteiger partial charge is 0.0898 e. The van der Waals surface area contributed by atoms with Crippen molar-refractivity contribution in [3.8, 4) is 0 Å². The van der Waals surface area contributed by atoms with Crippen LogP contribution in [0.2, 0.25) is 0 Å². The molecule has 0 unspecified atom stereocenters. The summed E-state index contributed by atoms with van der Waals surface area (Å²) in [5.41, 5.74) is 5.58. The molecule has 4 heterocycles. The molecule has 4 aliphatic rings. The van der Waals surface area contributed by atoms with Crippen LogP contribution in [0.5, 0.6) is 0 Å². The molecule has 0 N–H and O–H groups in total. The van der Waals surface area contributed by atoms with Crippen LogP contribution in [0.3, 0.4) is 0 Å². The fourth-order valence-electron chi connectivity index (χ4n) is 4.98. The molecule has 0 amide bonds. The first-order valence-electron chi connectivity index (χ1n) is 7.42. The van der Waals surface area contributed by atoms with Crippen molar-refractivity contribution in [1.29, 1.82) is 0 Å². The Bertz CT molecular complexity index is 616. The molecular formula is C18H14O2. The third-order valence-electron chi connectivity index (χ3n) is 5.65. The van der Waals surface area contributed by atoms with E-state index >= 15 is 0 Å². The third-order valence-corrected chi connectivity index (χ3v) is 5.65. The van der Waals surface area contributed by atoms with Crippen molar-refractivity contribution in [2.45, 2.75) is 24.4 Å². The molecule has 0 aromatic heterocycles. The van der Waals surface area contributed by atoms with E-state index in [1.54, 1.807) is 0 Å². The molecule has 4 aliphatic heterocycles. The van der Waals surface area contributed by atoms with Crippen molar-refractivity contribution in [3.63, 3.8) is 0 Å². The highest BCUT2D eigenvalue weighted by molar-refractivity contribution is 5.46. The minimum atomic E-state index is 0.240. The molecule has 2 aromatic rings. The molecule has 6 rings (SSSR count). The predicted molar refractivity (Wildman–Crippen MR) is 73.0 cm³/mol. The maximum Gasteiger partial charge on any atom is 0.0898 e. The van der Waals surface area contributed by atoms with Gasteiger partial charge in [0.25, 0.3) is 0 Å². The standard InChI is InChI=1S/C18H14O2/c1-2-6-10-9(5-1)15-13-14(16(10)19-15)18-12-8-4-3-7-11(12)17(13)20-18/h1-8,13-18H/t13?,14?,15-,16+,17-,18+. The van der Waals surface area contributed by atoms with E-state index in [4.69, 9.17) is 9.47 Å². The Labute approximate surface area is 117 Å². The van der Waals surface area contributed by atoms with Gasteiger partial charge in [-0.05, 0) is 22.3 Å². The quantitative estimate of drug-likeness (QED) is 0.717. The third kappa shape index (κ3) is 0.932. The van der Waals surface area contributed by atoms with Gasteiger partial charge in [0.05, 0.1) is 24.4 Å². The van der Waals surface area contributed by atoms with Crippen LogP contribution in [0.4, 0.5) is 0 Å². The fourth-order valence-corrected chi connectivity index (χ4v) is 4.98. The summed E-state index contributed by atoms with van der Waals surface area (Å²) in [4.78, 5) is 0. The van der Waals surface area contributed by atoms with Crippen molar-refractivity contribution >= 4 is 0 Å². The highest BCUT2D eigenvalue weighted by atomic mass is 16.5. The van der Waals surface area contributed by atoms with Gasteiger partial charge in [-0.2, -0.15) is 0 Å². The van der Waals surface area contributed by atoms with Gasteiger partial charge in [0.2, 0.25) is 0 Å². The van der Waals surface area contributed by atoms with E-state index in [0.717, 1.165) is 0 Å². The van der Waals surface area contributed by atoms with E-state index in [2.05, 4.69) is 48.5 Å². The lowest BCUT2D eigenvalue weighted by molar-refractivity contribution is -0.0291. The monoisotopic (exact) mass is 262 g/mol. The molecule has 0 spiro atoms. The zero-order valence-electron chi connectivity index (χ0n) is 10.9. The zero-order valence-corrected chi connectivity index (χ0v) is 10.9. The van der Waals surface area contributed by atoms with E-state index in [1.807, 2.05) is 0 Å². The molecular weight excluding hydrogens is 248 g/mol. The first kappa shape index (κ1) is 10.1. The molecule has 0 radical (unpaired) electrons. The second-order valence-corrected chi connectivity index (χ2v) is 6.37. The molecule has 4 bridgehead atoms. The van der Waals surface area contributed by atoms with Crippen LogP contribution in [0.1, 0.15) is 46.7 Å². The highest BCUT2D eigenvalue weighted by Gasteiger charge is 2.65. The molecule has 0 saturated carbocycles. The van der Waals surface area contributed by atoms with Crippen LogP contribution in [0.15, 0.2) is 48.5 Å². The summed E-state index contributed by atoms with van der Waals surface area (Å²) < 4.78 is 12.7. The average Bonchev–Trinajstić information content (AvgIpc) is 3.23. The highest BCUT2D eigenvalue weighted by Crippen LogP contribution is 2.72. The number of benzene rings is 2. The van der Waals surface area contributed by atoms with Gasteiger partial charge in [-0.15, -0.1) is 0 Å². The van der Waals surface area contributed by atoms with Gasteiger partial charge < -0.3 is 9.47 Å². The van der Waals surface area contributed by atoms with E-state index in [1.165, 1.54) is 22.3 Å². The minimum Gasteiger partial charge on any atom is -0.365 e. The van der Waals surface area contributed by atoms with Gasteiger partial charge >= 0.3 is 0 Å². The number of hydrogen-bond acceptors (Lipinski definition) is 2. The van der Waals surface area contributed by atoms with Crippen molar-refractivity contribution in [2.75, 3.05) is 0 Å². The summed E-state index contributed by atoms with van der Waals surface area (Å²) >= 11 is 0. The summed E-state index contributed by atoms with van der Waals surface area (Å²) in [5.74, 6) is 1.02. The lowest BCUT2D eigenvalue weighted by atomic mass is 9.67. The van der Waals surface area contributed by atoms with Gasteiger partial charge in [0.15, 0.2) is 0 Å². The predicted octanol–water partition coefficient (Wildman–Crippen LogP) is 3.87. The van der Waals surface area contributed by atoms with Crippen molar-refractivity contribution in [3.05, 3.63) is 70.8 Å². The van der Waals surface area contributed by atoms with E-state index in [-0.39, 0.29) is 24.4 Å². The van der Waals surface area contributed by atoms with Crippen LogP contribution < -0.4 is 0 Å². The summed E-state index contributed by atoms with van der Waals surface area (Å²) in [6.07, 6.45) is 0.961. The molecule has 98 valence electrons. The summed E-state index contributed by atoms with van der Waals surface area (Å²) in [6, 6.07) is 17.4. The van der Waals surface area contributed by atoms with Crippen molar-refractivity contribution in [1.82, 2.24) is 0 Å². The first-order chi connectivity index (χ1) is 9.93. The van der Waals surface area contributed by atoms with Gasteiger partial charge in [-0.3, -0.25) is 0 Å². The Morgan fingerprint density at radius 2 is 0.800 bits per heavy atom. The van der Waals surface area contributed by atoms with Crippen LogP contribution in [0.25, 0.3) is 0 Å². The molecule has 0 aliphatic carbocycles. The number of ether oxygens (including phenoxy) is 2. The topological polar surface area (TPSA) is 18.5 Å². The largest absolute Gasteiger partial charge is 0.365 e. The molecule has 2 saturated heterocycles. The Morgan fingerprint density at radius 1 is 0.500 bits per heavy atom. The second-order valence-electron chi connectivity index (χ2n) is 6.37. The van der Waals surface area contributed by atoms with Gasteiger partial charge in [0.1, 0.15) is 0 Å². The maximum atomic E-state index is 6.34. The second kappa shape index (κ2) is 3.16. The minimum absolute atomic E-state index is 0.240. The molecule has 2 aromatic carbocycles. The summed E-state index contributed by atoms with van der Waals surface area (Å²) in [5, 5.41) is 0. The molecule has 4 atom stereocenters. The summed E-state index contributed by atoms with van der Waals surface area (Å²) in [6.45, 7) is 0. The zero-order chi connectivity index (χ0) is 12.8. The van der Waals surface area contributed by atoms with Crippen molar-refractivity contribution in [2.24, 2.45) is 11.8 Å². The first-order valence-corrected chi connectivity index (χ1v) is 7.42. The van der Waals surface area contributed by atoms with Crippen LogP contribution >= 0.6 is 0 Å². The Balaban J connectivity index is 1.57. The van der Waals surface area contributed by atoms with Gasteiger partial charge in [-0.1, -0.05) is 48.5 Å². The normalized spacial score (nSPS) is 41.6. The Kier molecular flexibility index (Phi) is 1.60. The van der Waals surface area contributed by atoms with Gasteiger partial charge in [-0.25, -0.2) is 0 Å². The number of hydrogen-bond donors (Lipinski definition) is 0. The fraction of sp³-hybridized carbons (Fsp3) is 0.333.